The molecule has 0 radical (unpaired) electrons. The molecule has 1 saturated heterocycles. The number of aromatic amines is 1. The minimum atomic E-state index is -0.0615. The highest BCUT2D eigenvalue weighted by molar-refractivity contribution is 6.00. The Balaban J connectivity index is 1.50. The zero-order chi connectivity index (χ0) is 19.7. The van der Waals surface area contributed by atoms with E-state index < -0.39 is 0 Å². The van der Waals surface area contributed by atoms with Crippen molar-refractivity contribution < 1.29 is 14.3 Å². The van der Waals surface area contributed by atoms with Gasteiger partial charge in [-0.3, -0.25) is 4.79 Å². The zero-order valence-electron chi connectivity index (χ0n) is 16.4. The van der Waals surface area contributed by atoms with Gasteiger partial charge in [-0.2, -0.15) is 0 Å². The number of piperazine rings is 1. The molecule has 2 heterocycles. The summed E-state index contributed by atoms with van der Waals surface area (Å²) in [5.41, 5.74) is 3.62. The van der Waals surface area contributed by atoms with Crippen LogP contribution in [-0.2, 0) is 0 Å². The predicted molar refractivity (Wildman–Crippen MR) is 108 cm³/mol. The van der Waals surface area contributed by atoms with E-state index in [1.54, 1.807) is 26.4 Å². The van der Waals surface area contributed by atoms with Crippen LogP contribution in [0.3, 0.4) is 0 Å². The van der Waals surface area contributed by atoms with E-state index in [0.29, 0.717) is 30.2 Å². The lowest BCUT2D eigenvalue weighted by molar-refractivity contribution is 0.0740. The fourth-order valence-corrected chi connectivity index (χ4v) is 3.71. The molecule has 1 aliphatic heterocycles. The first-order valence-corrected chi connectivity index (χ1v) is 9.32. The van der Waals surface area contributed by atoms with Crippen LogP contribution < -0.4 is 14.4 Å². The molecule has 0 spiro atoms. The number of imidazole rings is 1. The molecule has 7 heteroatoms. The molecular formula is C21H24N4O3. The average Bonchev–Trinajstić information content (AvgIpc) is 3.11. The summed E-state index contributed by atoms with van der Waals surface area (Å²) in [5, 5.41) is 0. The van der Waals surface area contributed by atoms with Crippen molar-refractivity contribution in [1.29, 1.82) is 0 Å². The SMILES string of the molecule is COc1cccc(OC)c1C(=O)N1CCN(c2ccc3nc(C)[nH]c3c2)CC1. The number of amides is 1. The molecule has 3 aromatic rings. The fourth-order valence-electron chi connectivity index (χ4n) is 3.71. The smallest absolute Gasteiger partial charge is 0.261 e. The first kappa shape index (κ1) is 18.2. The molecule has 1 amide bonds. The Bertz CT molecular complexity index is 984. The second kappa shape index (κ2) is 7.42. The van der Waals surface area contributed by atoms with Gasteiger partial charge in [-0.05, 0) is 37.3 Å². The third-order valence-corrected chi connectivity index (χ3v) is 5.16. The standard InChI is InChI=1S/C21H24N4O3/c1-14-22-16-8-7-15(13-17(16)23-14)24-9-11-25(12-10-24)21(26)20-18(27-2)5-4-6-19(20)28-3/h4-8,13H,9-12H2,1-3H3,(H,22,23). The van der Waals surface area contributed by atoms with Crippen molar-refractivity contribution in [3.8, 4) is 11.5 Å². The van der Waals surface area contributed by atoms with Gasteiger partial charge < -0.3 is 24.3 Å². The van der Waals surface area contributed by atoms with Crippen LogP contribution in [0.25, 0.3) is 11.0 Å². The van der Waals surface area contributed by atoms with Crippen LogP contribution in [0.2, 0.25) is 0 Å². The maximum atomic E-state index is 13.1. The van der Waals surface area contributed by atoms with E-state index in [-0.39, 0.29) is 5.91 Å². The average molecular weight is 380 g/mol. The minimum absolute atomic E-state index is 0.0615. The second-order valence-corrected chi connectivity index (χ2v) is 6.84. The van der Waals surface area contributed by atoms with Crippen LogP contribution in [0.1, 0.15) is 16.2 Å². The third-order valence-electron chi connectivity index (χ3n) is 5.16. The van der Waals surface area contributed by atoms with Crippen LogP contribution in [0.5, 0.6) is 11.5 Å². The lowest BCUT2D eigenvalue weighted by Gasteiger charge is -2.36. The Morgan fingerprint density at radius 2 is 1.71 bits per heavy atom. The highest BCUT2D eigenvalue weighted by atomic mass is 16.5. The molecule has 0 atom stereocenters. The van der Waals surface area contributed by atoms with Gasteiger partial charge in [-0.1, -0.05) is 6.07 Å². The molecule has 0 bridgehead atoms. The maximum Gasteiger partial charge on any atom is 0.261 e. The van der Waals surface area contributed by atoms with Crippen LogP contribution in [0.15, 0.2) is 36.4 Å². The van der Waals surface area contributed by atoms with Gasteiger partial charge in [-0.25, -0.2) is 4.98 Å². The second-order valence-electron chi connectivity index (χ2n) is 6.84. The van der Waals surface area contributed by atoms with E-state index in [2.05, 4.69) is 27.0 Å². The molecule has 0 aliphatic carbocycles. The number of nitrogens with one attached hydrogen (secondary N) is 1. The molecule has 1 N–H and O–H groups in total. The molecule has 1 aliphatic rings. The number of ether oxygens (including phenoxy) is 2. The zero-order valence-corrected chi connectivity index (χ0v) is 16.4. The Kier molecular flexibility index (Phi) is 4.81. The number of hydrogen-bond donors (Lipinski definition) is 1. The van der Waals surface area contributed by atoms with Crippen molar-refractivity contribution in [2.75, 3.05) is 45.3 Å². The first-order chi connectivity index (χ1) is 13.6. The lowest BCUT2D eigenvalue weighted by atomic mass is 10.1. The number of carbonyl (C=O) groups excluding carboxylic acids is 1. The van der Waals surface area contributed by atoms with Crippen LogP contribution in [0, 0.1) is 6.92 Å². The third kappa shape index (κ3) is 3.24. The van der Waals surface area contributed by atoms with E-state index in [9.17, 15) is 4.79 Å². The Morgan fingerprint density at radius 3 is 2.36 bits per heavy atom. The topological polar surface area (TPSA) is 70.7 Å². The summed E-state index contributed by atoms with van der Waals surface area (Å²) < 4.78 is 10.8. The van der Waals surface area contributed by atoms with Crippen molar-refractivity contribution in [3.63, 3.8) is 0 Å². The normalized spacial score (nSPS) is 14.4. The van der Waals surface area contributed by atoms with E-state index in [4.69, 9.17) is 9.47 Å². The number of methoxy groups -OCH3 is 2. The Labute approximate surface area is 163 Å². The van der Waals surface area contributed by atoms with Crippen molar-refractivity contribution in [2.24, 2.45) is 0 Å². The summed E-state index contributed by atoms with van der Waals surface area (Å²) in [5.74, 6) is 1.92. The number of H-pyrrole nitrogens is 1. The molecule has 146 valence electrons. The first-order valence-electron chi connectivity index (χ1n) is 9.32. The van der Waals surface area contributed by atoms with Gasteiger partial charge in [0.2, 0.25) is 0 Å². The van der Waals surface area contributed by atoms with E-state index in [1.807, 2.05) is 24.0 Å². The van der Waals surface area contributed by atoms with Crippen molar-refractivity contribution in [3.05, 3.63) is 47.8 Å². The summed E-state index contributed by atoms with van der Waals surface area (Å²) in [6.07, 6.45) is 0. The lowest BCUT2D eigenvalue weighted by Crippen LogP contribution is -2.48. The van der Waals surface area contributed by atoms with Gasteiger partial charge in [0, 0.05) is 31.9 Å². The van der Waals surface area contributed by atoms with Crippen LogP contribution in [0.4, 0.5) is 5.69 Å². The monoisotopic (exact) mass is 380 g/mol. The number of aryl methyl sites for hydroxylation is 1. The molecule has 7 nitrogen and oxygen atoms in total. The van der Waals surface area contributed by atoms with Gasteiger partial charge in [0.1, 0.15) is 22.9 Å². The number of carbonyl (C=O) groups is 1. The molecule has 28 heavy (non-hydrogen) atoms. The Morgan fingerprint density at radius 1 is 1.04 bits per heavy atom. The summed E-state index contributed by atoms with van der Waals surface area (Å²) in [7, 11) is 3.13. The highest BCUT2D eigenvalue weighted by Gasteiger charge is 2.27. The van der Waals surface area contributed by atoms with Crippen molar-refractivity contribution >= 4 is 22.6 Å². The molecule has 2 aromatic carbocycles. The summed E-state index contributed by atoms with van der Waals surface area (Å²) in [6.45, 7) is 4.76. The molecular weight excluding hydrogens is 356 g/mol. The molecule has 1 fully saturated rings. The van der Waals surface area contributed by atoms with Gasteiger partial charge in [0.05, 0.1) is 25.3 Å². The van der Waals surface area contributed by atoms with Crippen molar-refractivity contribution in [2.45, 2.75) is 6.92 Å². The van der Waals surface area contributed by atoms with Gasteiger partial charge in [-0.15, -0.1) is 0 Å². The quantitative estimate of drug-likeness (QED) is 0.754. The van der Waals surface area contributed by atoms with E-state index in [1.165, 1.54) is 0 Å². The minimum Gasteiger partial charge on any atom is -0.496 e. The summed E-state index contributed by atoms with van der Waals surface area (Å²) in [6, 6.07) is 11.6. The highest BCUT2D eigenvalue weighted by Crippen LogP contribution is 2.30. The molecule has 0 saturated carbocycles. The predicted octanol–water partition coefficient (Wildman–Crippen LogP) is 2.85. The number of anilines is 1. The summed E-state index contributed by atoms with van der Waals surface area (Å²) >= 11 is 0. The largest absolute Gasteiger partial charge is 0.496 e. The molecule has 1 aromatic heterocycles. The van der Waals surface area contributed by atoms with Crippen molar-refractivity contribution in [1.82, 2.24) is 14.9 Å². The number of benzene rings is 2. The molecule has 4 rings (SSSR count). The number of nitrogens with zero attached hydrogens (tertiary/aromatic N) is 3. The number of rotatable bonds is 4. The van der Waals surface area contributed by atoms with E-state index >= 15 is 0 Å². The van der Waals surface area contributed by atoms with Crippen LogP contribution >= 0.6 is 0 Å². The van der Waals surface area contributed by atoms with E-state index in [0.717, 1.165) is 35.6 Å². The Hall–Kier alpha value is -3.22. The number of fused-ring (bicyclic) bond motifs is 1. The van der Waals surface area contributed by atoms with Crippen LogP contribution in [-0.4, -0.2) is 61.2 Å². The maximum absolute atomic E-state index is 13.1. The summed E-state index contributed by atoms with van der Waals surface area (Å²) in [4.78, 5) is 25.0. The number of hydrogen-bond acceptors (Lipinski definition) is 5. The van der Waals surface area contributed by atoms with Gasteiger partial charge in [0.15, 0.2) is 0 Å². The fraction of sp³-hybridized carbons (Fsp3) is 0.333. The van der Waals surface area contributed by atoms with Gasteiger partial charge >= 0.3 is 0 Å². The number of aromatic nitrogens is 2. The molecule has 0 unspecified atom stereocenters. The van der Waals surface area contributed by atoms with Gasteiger partial charge in [0.25, 0.3) is 5.91 Å².